The highest BCUT2D eigenvalue weighted by atomic mass is 16.6. The van der Waals surface area contributed by atoms with Gasteiger partial charge in [0.25, 0.3) is 0 Å². The van der Waals surface area contributed by atoms with Crippen molar-refractivity contribution in [3.8, 4) is 0 Å². The van der Waals surface area contributed by atoms with Gasteiger partial charge in [-0.2, -0.15) is 0 Å². The summed E-state index contributed by atoms with van der Waals surface area (Å²) in [7, 11) is 1.77. The first kappa shape index (κ1) is 18.6. The molecule has 6 nitrogen and oxygen atoms in total. The summed E-state index contributed by atoms with van der Waals surface area (Å²) in [4.78, 5) is 15.7. The lowest BCUT2D eigenvalue weighted by molar-refractivity contribution is 0.0529. The van der Waals surface area contributed by atoms with E-state index in [2.05, 4.69) is 27.9 Å². The Morgan fingerprint density at radius 3 is 2.27 bits per heavy atom. The molecule has 1 amide bonds. The zero-order valence-corrected chi connectivity index (χ0v) is 14.7. The maximum Gasteiger partial charge on any atom is 0.407 e. The molecule has 0 unspecified atom stereocenters. The summed E-state index contributed by atoms with van der Waals surface area (Å²) < 4.78 is 5.18. The number of rotatable bonds is 4. The number of carbonyl (C=O) groups excluding carboxylic acids is 1. The summed E-state index contributed by atoms with van der Waals surface area (Å²) in [5.74, 6) is 1.64. The lowest BCUT2D eigenvalue weighted by Gasteiger charge is -2.28. The van der Waals surface area contributed by atoms with Crippen molar-refractivity contribution in [2.24, 2.45) is 10.9 Å². The van der Waals surface area contributed by atoms with Gasteiger partial charge in [-0.25, -0.2) is 4.79 Å². The minimum absolute atomic E-state index is 0.390. The van der Waals surface area contributed by atoms with E-state index in [1.807, 2.05) is 20.8 Å². The monoisotopic (exact) mass is 312 g/mol. The molecule has 0 atom stereocenters. The normalized spacial score (nSPS) is 22.9. The average Bonchev–Trinajstić information content (AvgIpc) is 2.42. The van der Waals surface area contributed by atoms with Crippen molar-refractivity contribution in [1.82, 2.24) is 16.0 Å². The molecule has 0 aromatic rings. The quantitative estimate of drug-likeness (QED) is 0.423. The molecule has 0 radical (unpaired) electrons. The number of guanidine groups is 1. The molecule has 0 spiro atoms. The van der Waals surface area contributed by atoms with E-state index in [1.54, 1.807) is 7.05 Å². The Morgan fingerprint density at radius 1 is 1.14 bits per heavy atom. The highest BCUT2D eigenvalue weighted by Crippen LogP contribution is 2.23. The minimum Gasteiger partial charge on any atom is -0.444 e. The van der Waals surface area contributed by atoms with Crippen LogP contribution in [0, 0.1) is 5.92 Å². The third-order valence-electron chi connectivity index (χ3n) is 3.67. The molecule has 1 saturated carbocycles. The Hall–Kier alpha value is -1.46. The smallest absolute Gasteiger partial charge is 0.407 e. The van der Waals surface area contributed by atoms with Crippen molar-refractivity contribution >= 4 is 12.1 Å². The molecule has 0 aromatic carbocycles. The summed E-state index contributed by atoms with van der Waals surface area (Å²) in [6.07, 6.45) is 4.54. The Morgan fingerprint density at radius 2 is 1.73 bits per heavy atom. The van der Waals surface area contributed by atoms with Gasteiger partial charge in [-0.3, -0.25) is 4.99 Å². The van der Waals surface area contributed by atoms with Gasteiger partial charge in [-0.05, 0) is 52.4 Å². The number of aliphatic imine (C=N–C) groups is 1. The Balaban J connectivity index is 2.18. The van der Waals surface area contributed by atoms with Crippen molar-refractivity contribution in [2.75, 3.05) is 20.1 Å². The van der Waals surface area contributed by atoms with Crippen LogP contribution in [0.5, 0.6) is 0 Å². The van der Waals surface area contributed by atoms with E-state index in [0.717, 1.165) is 11.9 Å². The van der Waals surface area contributed by atoms with Gasteiger partial charge in [0.15, 0.2) is 5.96 Å². The highest BCUT2D eigenvalue weighted by molar-refractivity contribution is 5.80. The predicted octanol–water partition coefficient (Wildman–Crippen LogP) is 2.25. The molecule has 1 aliphatic rings. The molecule has 0 saturated heterocycles. The van der Waals surface area contributed by atoms with Gasteiger partial charge in [0.05, 0.1) is 0 Å². The van der Waals surface area contributed by atoms with Gasteiger partial charge >= 0.3 is 6.09 Å². The molecule has 0 aromatic heterocycles. The lowest BCUT2D eigenvalue weighted by Crippen LogP contribution is -2.47. The van der Waals surface area contributed by atoms with Crippen LogP contribution in [0.4, 0.5) is 4.79 Å². The molecular formula is C16H32N4O2. The van der Waals surface area contributed by atoms with Crippen molar-refractivity contribution < 1.29 is 9.53 Å². The highest BCUT2D eigenvalue weighted by Gasteiger charge is 2.19. The molecule has 22 heavy (non-hydrogen) atoms. The number of amides is 1. The molecule has 0 bridgehead atoms. The Kier molecular flexibility index (Phi) is 7.48. The number of alkyl carbamates (subject to hydrolysis) is 1. The van der Waals surface area contributed by atoms with E-state index in [1.165, 1.54) is 25.7 Å². The lowest BCUT2D eigenvalue weighted by atomic mass is 9.87. The SMILES string of the molecule is CN=C(NCCNC(=O)OC(C)(C)C)NC1CCC(C)CC1. The second-order valence-corrected chi connectivity index (χ2v) is 7.03. The second kappa shape index (κ2) is 8.86. The van der Waals surface area contributed by atoms with Crippen LogP contribution in [0.3, 0.4) is 0 Å². The maximum absolute atomic E-state index is 11.5. The third-order valence-corrected chi connectivity index (χ3v) is 3.67. The molecule has 0 aliphatic heterocycles. The molecule has 0 heterocycles. The van der Waals surface area contributed by atoms with Gasteiger partial charge in [0, 0.05) is 26.2 Å². The summed E-state index contributed by atoms with van der Waals surface area (Å²) in [5.41, 5.74) is -0.465. The first-order valence-electron chi connectivity index (χ1n) is 8.24. The molecule has 6 heteroatoms. The van der Waals surface area contributed by atoms with E-state index in [4.69, 9.17) is 4.74 Å². The number of hydrogen-bond donors (Lipinski definition) is 3. The first-order chi connectivity index (χ1) is 10.3. The Labute approximate surface area is 134 Å². The minimum atomic E-state index is -0.465. The maximum atomic E-state index is 11.5. The van der Waals surface area contributed by atoms with Crippen molar-refractivity contribution in [2.45, 2.75) is 65.0 Å². The van der Waals surface area contributed by atoms with Crippen LogP contribution >= 0.6 is 0 Å². The van der Waals surface area contributed by atoms with Crippen molar-refractivity contribution in [1.29, 1.82) is 0 Å². The first-order valence-corrected chi connectivity index (χ1v) is 8.24. The number of nitrogens with zero attached hydrogens (tertiary/aromatic N) is 1. The number of hydrogen-bond acceptors (Lipinski definition) is 3. The van der Waals surface area contributed by atoms with Crippen molar-refractivity contribution in [3.63, 3.8) is 0 Å². The zero-order valence-electron chi connectivity index (χ0n) is 14.7. The van der Waals surface area contributed by atoms with Crippen LogP contribution in [-0.2, 0) is 4.74 Å². The standard InChI is InChI=1S/C16H32N4O2/c1-12-6-8-13(9-7-12)20-14(17-5)18-10-11-19-15(21)22-16(2,3)4/h12-13H,6-11H2,1-5H3,(H,19,21)(H2,17,18,20). The fraction of sp³-hybridized carbons (Fsp3) is 0.875. The van der Waals surface area contributed by atoms with Crippen LogP contribution in [-0.4, -0.2) is 43.8 Å². The largest absolute Gasteiger partial charge is 0.444 e. The van der Waals surface area contributed by atoms with Crippen molar-refractivity contribution in [3.05, 3.63) is 0 Å². The average molecular weight is 312 g/mol. The van der Waals surface area contributed by atoms with Crippen LogP contribution in [0.2, 0.25) is 0 Å². The fourth-order valence-electron chi connectivity index (χ4n) is 2.45. The number of carbonyl (C=O) groups is 1. The van der Waals surface area contributed by atoms with Crippen LogP contribution in [0.25, 0.3) is 0 Å². The van der Waals surface area contributed by atoms with Gasteiger partial charge in [-0.1, -0.05) is 6.92 Å². The van der Waals surface area contributed by atoms with Crippen LogP contribution in [0.15, 0.2) is 4.99 Å². The van der Waals surface area contributed by atoms with Gasteiger partial charge < -0.3 is 20.7 Å². The second-order valence-electron chi connectivity index (χ2n) is 7.03. The van der Waals surface area contributed by atoms with Gasteiger partial charge in [0.2, 0.25) is 0 Å². The van der Waals surface area contributed by atoms with E-state index in [9.17, 15) is 4.79 Å². The predicted molar refractivity (Wildman–Crippen MR) is 90.2 cm³/mol. The topological polar surface area (TPSA) is 74.8 Å². The molecule has 1 aliphatic carbocycles. The summed E-state index contributed by atoms with van der Waals surface area (Å²) >= 11 is 0. The van der Waals surface area contributed by atoms with Crippen LogP contribution < -0.4 is 16.0 Å². The van der Waals surface area contributed by atoms with E-state index < -0.39 is 11.7 Å². The number of nitrogens with one attached hydrogen (secondary N) is 3. The Bertz CT molecular complexity index is 369. The summed E-state index contributed by atoms with van der Waals surface area (Å²) in [6.45, 7) is 8.97. The van der Waals surface area contributed by atoms with E-state index >= 15 is 0 Å². The fourth-order valence-corrected chi connectivity index (χ4v) is 2.45. The number of ether oxygens (including phenoxy) is 1. The zero-order chi connectivity index (χ0) is 16.6. The molecule has 1 rings (SSSR count). The molecule has 1 fully saturated rings. The van der Waals surface area contributed by atoms with Gasteiger partial charge in [0.1, 0.15) is 5.60 Å². The van der Waals surface area contributed by atoms with E-state index in [-0.39, 0.29) is 0 Å². The van der Waals surface area contributed by atoms with E-state index in [0.29, 0.717) is 19.1 Å². The third kappa shape index (κ3) is 8.10. The van der Waals surface area contributed by atoms with Crippen LogP contribution in [0.1, 0.15) is 53.4 Å². The van der Waals surface area contributed by atoms with Gasteiger partial charge in [-0.15, -0.1) is 0 Å². The molecule has 128 valence electrons. The summed E-state index contributed by atoms with van der Waals surface area (Å²) in [6, 6.07) is 0.501. The molecular weight excluding hydrogens is 280 g/mol. The molecule has 3 N–H and O–H groups in total. The summed E-state index contributed by atoms with van der Waals surface area (Å²) in [5, 5.41) is 9.38.